The third-order valence-electron chi connectivity index (χ3n) is 5.05. The minimum absolute atomic E-state index is 0.0511. The Bertz CT molecular complexity index is 833. The molecule has 0 aliphatic carbocycles. The van der Waals surface area contributed by atoms with Gasteiger partial charge in [0, 0.05) is 31.4 Å². The first-order valence-electron chi connectivity index (χ1n) is 9.34. The number of nitrogens with zero attached hydrogens (tertiary/aromatic N) is 1. The third kappa shape index (κ3) is 5.07. The van der Waals surface area contributed by atoms with Crippen LogP contribution in [-0.2, 0) is 0 Å². The molecule has 0 aromatic heterocycles. The topological polar surface area (TPSA) is 53.6 Å². The molecule has 0 saturated carbocycles. The molecule has 3 rings (SSSR count). The average molecular weight is 406 g/mol. The highest BCUT2D eigenvalue weighted by atomic mass is 35.5. The Labute approximate surface area is 169 Å². The van der Waals surface area contributed by atoms with E-state index in [1.165, 1.54) is 12.1 Å². The Balaban J connectivity index is 1.46. The molecule has 2 amide bonds. The zero-order valence-corrected chi connectivity index (χ0v) is 16.8. The lowest BCUT2D eigenvalue weighted by Crippen LogP contribution is -2.40. The molecule has 1 fully saturated rings. The molecule has 2 N–H and O–H groups in total. The van der Waals surface area contributed by atoms with Crippen molar-refractivity contribution in [3.63, 3.8) is 0 Å². The summed E-state index contributed by atoms with van der Waals surface area (Å²) in [6.45, 7) is 4.27. The van der Waals surface area contributed by atoms with E-state index in [-0.39, 0.29) is 17.1 Å². The smallest absolute Gasteiger partial charge is 0.315 e. The lowest BCUT2D eigenvalue weighted by molar-refractivity contribution is 0.236. The molecule has 2 unspecified atom stereocenters. The van der Waals surface area contributed by atoms with Crippen molar-refractivity contribution in [2.45, 2.75) is 19.4 Å². The van der Waals surface area contributed by atoms with E-state index in [1.54, 1.807) is 13.2 Å². The zero-order chi connectivity index (χ0) is 20.1. The Morgan fingerprint density at radius 2 is 2.18 bits per heavy atom. The third-order valence-corrected chi connectivity index (χ3v) is 5.34. The molecule has 2 aromatic carbocycles. The van der Waals surface area contributed by atoms with E-state index < -0.39 is 5.82 Å². The highest BCUT2D eigenvalue weighted by molar-refractivity contribution is 6.30. The zero-order valence-electron chi connectivity index (χ0n) is 16.0. The Morgan fingerprint density at radius 1 is 1.36 bits per heavy atom. The molecule has 0 bridgehead atoms. The predicted octanol–water partition coefficient (Wildman–Crippen LogP) is 4.37. The maximum atomic E-state index is 13.3. The number of hydrogen-bond donors (Lipinski definition) is 2. The monoisotopic (exact) mass is 405 g/mol. The number of anilines is 1. The van der Waals surface area contributed by atoms with Crippen molar-refractivity contribution < 1.29 is 13.9 Å². The number of carbonyl (C=O) groups excluding carboxylic acids is 1. The van der Waals surface area contributed by atoms with E-state index in [0.717, 1.165) is 36.5 Å². The van der Waals surface area contributed by atoms with Gasteiger partial charge in [0.05, 0.1) is 18.2 Å². The van der Waals surface area contributed by atoms with Gasteiger partial charge in [0.2, 0.25) is 0 Å². The van der Waals surface area contributed by atoms with Crippen LogP contribution in [0.5, 0.6) is 5.75 Å². The molecule has 1 saturated heterocycles. The second-order valence-electron chi connectivity index (χ2n) is 7.05. The van der Waals surface area contributed by atoms with Gasteiger partial charge in [-0.15, -0.1) is 0 Å². The number of hydrogen-bond acceptors (Lipinski definition) is 3. The normalized spacial score (nSPS) is 17.3. The molecule has 1 heterocycles. The second-order valence-corrected chi connectivity index (χ2v) is 7.46. The van der Waals surface area contributed by atoms with Crippen LogP contribution in [0.15, 0.2) is 42.5 Å². The van der Waals surface area contributed by atoms with Gasteiger partial charge in [0.1, 0.15) is 11.6 Å². The van der Waals surface area contributed by atoms with Crippen LogP contribution in [0.1, 0.15) is 24.9 Å². The van der Waals surface area contributed by atoms with Crippen LogP contribution in [0, 0.1) is 11.7 Å². The van der Waals surface area contributed by atoms with Crippen LogP contribution < -0.4 is 20.3 Å². The fourth-order valence-electron chi connectivity index (χ4n) is 3.39. The Hall–Kier alpha value is -2.47. The summed E-state index contributed by atoms with van der Waals surface area (Å²) in [5, 5.41) is 5.85. The maximum Gasteiger partial charge on any atom is 0.315 e. The quantitative estimate of drug-likeness (QED) is 0.750. The van der Waals surface area contributed by atoms with Crippen LogP contribution in [0.3, 0.4) is 0 Å². The van der Waals surface area contributed by atoms with Crippen LogP contribution in [-0.4, -0.2) is 32.8 Å². The first-order valence-corrected chi connectivity index (χ1v) is 9.72. The van der Waals surface area contributed by atoms with Gasteiger partial charge < -0.3 is 20.3 Å². The minimum atomic E-state index is -0.469. The highest BCUT2D eigenvalue weighted by Gasteiger charge is 2.23. The molecule has 2 aromatic rings. The number of urea groups is 1. The molecule has 7 heteroatoms. The number of carbonyl (C=O) groups is 1. The van der Waals surface area contributed by atoms with E-state index >= 15 is 0 Å². The molecule has 5 nitrogen and oxygen atoms in total. The van der Waals surface area contributed by atoms with Gasteiger partial charge in [0.25, 0.3) is 0 Å². The number of nitrogens with one attached hydrogen (secondary N) is 2. The summed E-state index contributed by atoms with van der Waals surface area (Å²) in [6, 6.07) is 12.0. The lowest BCUT2D eigenvalue weighted by atomic mass is 10.1. The van der Waals surface area contributed by atoms with Gasteiger partial charge in [-0.3, -0.25) is 0 Å². The maximum absolute atomic E-state index is 13.3. The second kappa shape index (κ2) is 9.15. The van der Waals surface area contributed by atoms with Crippen LogP contribution in [0.4, 0.5) is 14.9 Å². The average Bonchev–Trinajstić information content (AvgIpc) is 3.17. The molecule has 2 atom stereocenters. The first-order chi connectivity index (χ1) is 13.5. The first kappa shape index (κ1) is 20.3. The van der Waals surface area contributed by atoms with Gasteiger partial charge in [0.15, 0.2) is 0 Å². The number of methoxy groups -OCH3 is 1. The van der Waals surface area contributed by atoms with Crippen LogP contribution in [0.2, 0.25) is 5.02 Å². The van der Waals surface area contributed by atoms with E-state index in [4.69, 9.17) is 16.3 Å². The van der Waals surface area contributed by atoms with Crippen molar-refractivity contribution in [2.24, 2.45) is 5.92 Å². The standard InChI is InChI=1S/C21H25ClFN3O2/c1-14(16-6-7-20(23)19(22)10-16)25-21(27)24-12-15-8-9-26(13-15)17-4-3-5-18(11-17)28-2/h3-7,10-11,14-15H,8-9,12-13H2,1-2H3,(H2,24,25,27). The van der Waals surface area contributed by atoms with Crippen molar-refractivity contribution in [1.82, 2.24) is 10.6 Å². The molecule has 28 heavy (non-hydrogen) atoms. The fourth-order valence-corrected chi connectivity index (χ4v) is 3.58. The highest BCUT2D eigenvalue weighted by Crippen LogP contribution is 2.26. The number of benzene rings is 2. The molecular formula is C21H25ClFN3O2. The number of ether oxygens (including phenoxy) is 1. The van der Waals surface area contributed by atoms with Gasteiger partial charge in [-0.05, 0) is 49.1 Å². The summed E-state index contributed by atoms with van der Waals surface area (Å²) >= 11 is 5.81. The molecular weight excluding hydrogens is 381 g/mol. The molecule has 1 aliphatic rings. The van der Waals surface area contributed by atoms with Crippen molar-refractivity contribution in [3.8, 4) is 5.75 Å². The summed E-state index contributed by atoms with van der Waals surface area (Å²) in [5.74, 6) is 0.754. The largest absolute Gasteiger partial charge is 0.497 e. The number of rotatable bonds is 6. The van der Waals surface area contributed by atoms with Crippen LogP contribution >= 0.6 is 11.6 Å². The Kier molecular flexibility index (Phi) is 6.62. The summed E-state index contributed by atoms with van der Waals surface area (Å²) in [4.78, 5) is 14.5. The van der Waals surface area contributed by atoms with Crippen molar-refractivity contribution >= 4 is 23.3 Å². The van der Waals surface area contributed by atoms with Crippen molar-refractivity contribution in [2.75, 3.05) is 31.6 Å². The summed E-state index contributed by atoms with van der Waals surface area (Å²) in [6.07, 6.45) is 1.01. The molecule has 150 valence electrons. The summed E-state index contributed by atoms with van der Waals surface area (Å²) in [7, 11) is 1.66. The summed E-state index contributed by atoms with van der Waals surface area (Å²) < 4.78 is 18.6. The predicted molar refractivity (Wildman–Crippen MR) is 110 cm³/mol. The minimum Gasteiger partial charge on any atom is -0.497 e. The van der Waals surface area contributed by atoms with Crippen molar-refractivity contribution in [3.05, 3.63) is 58.9 Å². The van der Waals surface area contributed by atoms with E-state index in [2.05, 4.69) is 21.6 Å². The SMILES string of the molecule is COc1cccc(N2CCC(CNC(=O)NC(C)c3ccc(F)c(Cl)c3)C2)c1. The molecule has 1 aliphatic heterocycles. The van der Waals surface area contributed by atoms with E-state index in [1.807, 2.05) is 25.1 Å². The van der Waals surface area contributed by atoms with E-state index in [9.17, 15) is 9.18 Å². The lowest BCUT2D eigenvalue weighted by Gasteiger charge is -2.20. The van der Waals surface area contributed by atoms with Gasteiger partial charge in [-0.1, -0.05) is 23.7 Å². The molecule has 0 radical (unpaired) electrons. The molecule has 0 spiro atoms. The van der Waals surface area contributed by atoms with Gasteiger partial charge >= 0.3 is 6.03 Å². The Morgan fingerprint density at radius 3 is 2.93 bits per heavy atom. The number of amides is 2. The van der Waals surface area contributed by atoms with Gasteiger partial charge in [-0.2, -0.15) is 0 Å². The van der Waals surface area contributed by atoms with Gasteiger partial charge in [-0.25, -0.2) is 9.18 Å². The van der Waals surface area contributed by atoms with Crippen molar-refractivity contribution in [1.29, 1.82) is 0 Å². The summed E-state index contributed by atoms with van der Waals surface area (Å²) in [5.41, 5.74) is 1.89. The van der Waals surface area contributed by atoms with E-state index in [0.29, 0.717) is 12.5 Å². The van der Waals surface area contributed by atoms with Crippen LogP contribution in [0.25, 0.3) is 0 Å². The fraction of sp³-hybridized carbons (Fsp3) is 0.381. The number of halogens is 2.